The van der Waals surface area contributed by atoms with Crippen LogP contribution in [-0.4, -0.2) is 60.3 Å². The molecule has 1 aromatic heterocycles. The summed E-state index contributed by atoms with van der Waals surface area (Å²) < 4.78 is 12.0. The van der Waals surface area contributed by atoms with Crippen LogP contribution in [0, 0.1) is 11.3 Å². The van der Waals surface area contributed by atoms with Crippen LogP contribution in [0.3, 0.4) is 0 Å². The lowest BCUT2D eigenvalue weighted by Gasteiger charge is -2.49. The molecule has 2 aromatic rings. The molecule has 1 aromatic carbocycles. The molecule has 0 bridgehead atoms. The molecule has 7 nitrogen and oxygen atoms in total. The van der Waals surface area contributed by atoms with Crippen LogP contribution in [0.2, 0.25) is 0 Å². The monoisotopic (exact) mass is 417 g/mol. The minimum atomic E-state index is -0.538. The lowest BCUT2D eigenvalue weighted by Crippen LogP contribution is -2.63. The van der Waals surface area contributed by atoms with Crippen LogP contribution in [0.5, 0.6) is 0 Å². The lowest BCUT2D eigenvalue weighted by molar-refractivity contribution is -0.155. The molecule has 1 unspecified atom stereocenters. The summed E-state index contributed by atoms with van der Waals surface area (Å²) in [6.45, 7) is 10.0. The summed E-state index contributed by atoms with van der Waals surface area (Å²) in [6, 6.07) is 6.07. The molecule has 0 aliphatic carbocycles. The van der Waals surface area contributed by atoms with Gasteiger partial charge in [-0.15, -0.1) is 11.3 Å². The van der Waals surface area contributed by atoms with Gasteiger partial charge in [0.05, 0.1) is 33.9 Å². The molecule has 4 rings (SSSR count). The van der Waals surface area contributed by atoms with Crippen molar-refractivity contribution in [3.8, 4) is 0 Å². The van der Waals surface area contributed by atoms with Gasteiger partial charge in [0.2, 0.25) is 0 Å². The van der Waals surface area contributed by atoms with Crippen LogP contribution in [0.15, 0.2) is 23.7 Å². The Morgan fingerprint density at radius 2 is 2.03 bits per heavy atom. The summed E-state index contributed by atoms with van der Waals surface area (Å²) in [5.41, 5.74) is 3.05. The lowest BCUT2D eigenvalue weighted by atomic mass is 9.71. The minimum Gasteiger partial charge on any atom is -0.466 e. The van der Waals surface area contributed by atoms with E-state index in [0.717, 1.165) is 15.9 Å². The highest BCUT2D eigenvalue weighted by Gasteiger charge is 2.59. The van der Waals surface area contributed by atoms with Gasteiger partial charge in [-0.1, -0.05) is 6.07 Å². The fraction of sp³-hybridized carbons (Fsp3) is 0.571. The molecular weight excluding hydrogens is 390 g/mol. The number of fused-ring (bicyclic) bond motifs is 1. The van der Waals surface area contributed by atoms with E-state index in [4.69, 9.17) is 9.47 Å². The average molecular weight is 418 g/mol. The summed E-state index contributed by atoms with van der Waals surface area (Å²) in [5.74, 6) is -0.459. The van der Waals surface area contributed by atoms with Crippen LogP contribution in [0.4, 0.5) is 10.5 Å². The molecule has 1 amide bonds. The Bertz CT molecular complexity index is 929. The van der Waals surface area contributed by atoms with Crippen molar-refractivity contribution in [2.75, 3.05) is 37.7 Å². The van der Waals surface area contributed by atoms with Gasteiger partial charge in [-0.2, -0.15) is 0 Å². The van der Waals surface area contributed by atoms with Crippen LogP contribution in [0.1, 0.15) is 27.7 Å². The highest BCUT2D eigenvalue weighted by Crippen LogP contribution is 2.47. The third-order valence-corrected chi connectivity index (χ3v) is 6.42. The van der Waals surface area contributed by atoms with Gasteiger partial charge in [0.15, 0.2) is 0 Å². The van der Waals surface area contributed by atoms with Crippen LogP contribution in [0.25, 0.3) is 10.2 Å². The predicted molar refractivity (Wildman–Crippen MR) is 112 cm³/mol. The standard InChI is InChI=1S/C21H27N3O4S/c1-5-27-18(25)14-9-23(16-8-6-7-15-17(16)29-13-22-15)10-21(14)11-24(12-21)19(26)28-20(2,3)4/h6-8,13-14H,5,9-12H2,1-4H3. The van der Waals surface area contributed by atoms with Crippen molar-refractivity contribution >= 4 is 39.3 Å². The number of aromatic nitrogens is 1. The van der Waals surface area contributed by atoms with Crippen molar-refractivity contribution in [1.82, 2.24) is 9.88 Å². The molecule has 1 atom stereocenters. The first-order valence-electron chi connectivity index (χ1n) is 9.94. The fourth-order valence-electron chi connectivity index (χ4n) is 4.33. The Balaban J connectivity index is 1.57. The highest BCUT2D eigenvalue weighted by molar-refractivity contribution is 7.17. The molecule has 2 fully saturated rings. The van der Waals surface area contributed by atoms with Crippen molar-refractivity contribution < 1.29 is 19.1 Å². The molecule has 2 aliphatic rings. The number of esters is 1. The number of anilines is 1. The number of carbonyl (C=O) groups is 2. The van der Waals surface area contributed by atoms with Crippen molar-refractivity contribution in [3.63, 3.8) is 0 Å². The number of hydrogen-bond acceptors (Lipinski definition) is 7. The first kappa shape index (κ1) is 19.9. The smallest absolute Gasteiger partial charge is 0.410 e. The molecule has 29 heavy (non-hydrogen) atoms. The number of benzene rings is 1. The molecule has 0 N–H and O–H groups in total. The molecule has 0 radical (unpaired) electrons. The first-order valence-corrected chi connectivity index (χ1v) is 10.8. The highest BCUT2D eigenvalue weighted by atomic mass is 32.1. The van der Waals surface area contributed by atoms with Crippen molar-refractivity contribution in [2.45, 2.75) is 33.3 Å². The maximum atomic E-state index is 12.8. The molecular formula is C21H27N3O4S. The molecule has 3 heterocycles. The van der Waals surface area contributed by atoms with Gasteiger partial charge in [-0.25, -0.2) is 9.78 Å². The average Bonchev–Trinajstić information content (AvgIpc) is 3.23. The number of likely N-dealkylation sites (tertiary alicyclic amines) is 1. The van der Waals surface area contributed by atoms with Gasteiger partial charge in [-0.3, -0.25) is 4.79 Å². The van der Waals surface area contributed by atoms with E-state index >= 15 is 0 Å². The SMILES string of the molecule is CCOC(=O)C1CN(c2cccc3ncsc23)CC12CN(C(=O)OC(C)(C)C)C2. The first-order chi connectivity index (χ1) is 13.7. The van der Waals surface area contributed by atoms with E-state index in [9.17, 15) is 9.59 Å². The number of thiazole rings is 1. The molecule has 0 saturated carbocycles. The van der Waals surface area contributed by atoms with Gasteiger partial charge in [0.1, 0.15) is 5.60 Å². The Kier molecular flexibility index (Phi) is 4.93. The number of ether oxygens (including phenoxy) is 2. The van der Waals surface area contributed by atoms with E-state index in [1.807, 2.05) is 45.3 Å². The topological polar surface area (TPSA) is 72.0 Å². The molecule has 8 heteroatoms. The maximum absolute atomic E-state index is 12.8. The third kappa shape index (κ3) is 3.66. The summed E-state index contributed by atoms with van der Waals surface area (Å²) in [6.07, 6.45) is -0.325. The van der Waals surface area contributed by atoms with Gasteiger partial charge >= 0.3 is 12.1 Å². The van der Waals surface area contributed by atoms with Gasteiger partial charge in [0.25, 0.3) is 0 Å². The third-order valence-electron chi connectivity index (χ3n) is 5.56. The fourth-order valence-corrected chi connectivity index (χ4v) is 5.16. The number of nitrogens with zero attached hydrogens (tertiary/aromatic N) is 3. The van der Waals surface area contributed by atoms with E-state index in [-0.39, 0.29) is 23.4 Å². The molecule has 156 valence electrons. The number of amides is 1. The predicted octanol–water partition coefficient (Wildman–Crippen LogP) is 3.53. The Morgan fingerprint density at radius 1 is 1.28 bits per heavy atom. The second-order valence-electron chi connectivity index (χ2n) is 8.86. The summed E-state index contributed by atoms with van der Waals surface area (Å²) in [5, 5.41) is 0. The van der Waals surface area contributed by atoms with Gasteiger partial charge in [0, 0.05) is 31.6 Å². The van der Waals surface area contributed by atoms with Gasteiger partial charge < -0.3 is 19.3 Å². The largest absolute Gasteiger partial charge is 0.466 e. The van der Waals surface area contributed by atoms with Crippen LogP contribution < -0.4 is 4.90 Å². The van der Waals surface area contributed by atoms with Crippen molar-refractivity contribution in [1.29, 1.82) is 0 Å². The van der Waals surface area contributed by atoms with Crippen molar-refractivity contribution in [2.24, 2.45) is 11.3 Å². The van der Waals surface area contributed by atoms with E-state index in [0.29, 0.717) is 32.8 Å². The van der Waals surface area contributed by atoms with E-state index < -0.39 is 5.60 Å². The number of carbonyl (C=O) groups excluding carboxylic acids is 2. The van der Waals surface area contributed by atoms with E-state index in [2.05, 4.69) is 16.0 Å². The second-order valence-corrected chi connectivity index (χ2v) is 9.72. The van der Waals surface area contributed by atoms with Crippen molar-refractivity contribution in [3.05, 3.63) is 23.7 Å². The van der Waals surface area contributed by atoms with Crippen LogP contribution in [-0.2, 0) is 14.3 Å². The Labute approximate surface area is 174 Å². The summed E-state index contributed by atoms with van der Waals surface area (Å²) in [7, 11) is 0. The zero-order valence-electron chi connectivity index (χ0n) is 17.3. The molecule has 2 aliphatic heterocycles. The van der Waals surface area contributed by atoms with E-state index in [1.165, 1.54) is 0 Å². The Hall–Kier alpha value is -2.35. The second kappa shape index (κ2) is 7.16. The molecule has 1 spiro atoms. The number of rotatable bonds is 3. The Morgan fingerprint density at radius 3 is 2.72 bits per heavy atom. The zero-order chi connectivity index (χ0) is 20.8. The van der Waals surface area contributed by atoms with E-state index in [1.54, 1.807) is 16.2 Å². The summed E-state index contributed by atoms with van der Waals surface area (Å²) >= 11 is 1.60. The molecule has 2 saturated heterocycles. The number of hydrogen-bond donors (Lipinski definition) is 0. The summed E-state index contributed by atoms with van der Waals surface area (Å²) in [4.78, 5) is 33.5. The minimum absolute atomic E-state index is 0.185. The van der Waals surface area contributed by atoms with Crippen LogP contribution >= 0.6 is 11.3 Å². The van der Waals surface area contributed by atoms with Gasteiger partial charge in [-0.05, 0) is 39.8 Å². The maximum Gasteiger partial charge on any atom is 0.410 e. The zero-order valence-corrected chi connectivity index (χ0v) is 18.1. The normalized spacial score (nSPS) is 20.8. The quantitative estimate of drug-likeness (QED) is 0.712.